The smallest absolute Gasteiger partial charge is 0.258 e. The van der Waals surface area contributed by atoms with E-state index in [1.807, 2.05) is 37.3 Å². The van der Waals surface area contributed by atoms with Crippen LogP contribution in [0.4, 0.5) is 5.13 Å². The van der Waals surface area contributed by atoms with E-state index in [2.05, 4.69) is 15.4 Å². The molecule has 1 aliphatic heterocycles. The quantitative estimate of drug-likeness (QED) is 0.754. The molecule has 1 saturated heterocycles. The summed E-state index contributed by atoms with van der Waals surface area (Å²) in [5.74, 6) is -0.352. The molecular formula is C19H19N5O2S. The molecule has 1 aliphatic rings. The van der Waals surface area contributed by atoms with Gasteiger partial charge in [-0.15, -0.1) is 11.3 Å². The molecule has 1 aromatic carbocycles. The van der Waals surface area contributed by atoms with Gasteiger partial charge in [0.2, 0.25) is 5.91 Å². The van der Waals surface area contributed by atoms with E-state index in [4.69, 9.17) is 0 Å². The van der Waals surface area contributed by atoms with Crippen LogP contribution in [0.2, 0.25) is 0 Å². The van der Waals surface area contributed by atoms with Crippen molar-refractivity contribution in [2.45, 2.75) is 25.8 Å². The molecular weight excluding hydrogens is 362 g/mol. The van der Waals surface area contributed by atoms with Crippen molar-refractivity contribution in [1.29, 1.82) is 0 Å². The summed E-state index contributed by atoms with van der Waals surface area (Å²) in [4.78, 5) is 31.4. The number of amides is 2. The van der Waals surface area contributed by atoms with Crippen molar-refractivity contribution >= 4 is 28.3 Å². The number of likely N-dealkylation sites (tertiary alicyclic amines) is 1. The summed E-state index contributed by atoms with van der Waals surface area (Å²) in [5.41, 5.74) is 2.18. The zero-order valence-electron chi connectivity index (χ0n) is 14.8. The van der Waals surface area contributed by atoms with Gasteiger partial charge in [-0.1, -0.05) is 18.2 Å². The van der Waals surface area contributed by atoms with Crippen molar-refractivity contribution in [3.05, 3.63) is 59.4 Å². The summed E-state index contributed by atoms with van der Waals surface area (Å²) in [6.45, 7) is 2.43. The van der Waals surface area contributed by atoms with Crippen LogP contribution in [0, 0.1) is 6.92 Å². The van der Waals surface area contributed by atoms with E-state index in [1.165, 1.54) is 11.3 Å². The first-order chi connectivity index (χ1) is 13.1. The fourth-order valence-electron chi connectivity index (χ4n) is 3.36. The lowest BCUT2D eigenvalue weighted by Crippen LogP contribution is -2.43. The number of nitrogens with zero attached hydrogens (tertiary/aromatic N) is 4. The Balaban J connectivity index is 1.55. The summed E-state index contributed by atoms with van der Waals surface area (Å²) in [6, 6.07) is 9.18. The van der Waals surface area contributed by atoms with E-state index >= 15 is 0 Å². The minimum atomic E-state index is -0.485. The number of aromatic nitrogens is 3. The molecule has 2 aromatic heterocycles. The van der Waals surface area contributed by atoms with Crippen LogP contribution in [0.25, 0.3) is 5.69 Å². The third-order valence-electron chi connectivity index (χ3n) is 4.72. The second kappa shape index (κ2) is 7.32. The molecule has 0 aliphatic carbocycles. The number of nitrogens with one attached hydrogen (secondary N) is 1. The predicted octanol–water partition coefficient (Wildman–Crippen LogP) is 2.88. The number of hydrogen-bond acceptors (Lipinski definition) is 5. The molecule has 27 heavy (non-hydrogen) atoms. The number of thiazole rings is 1. The van der Waals surface area contributed by atoms with Crippen molar-refractivity contribution in [3.63, 3.8) is 0 Å². The van der Waals surface area contributed by atoms with Gasteiger partial charge in [0.25, 0.3) is 5.91 Å². The van der Waals surface area contributed by atoms with Gasteiger partial charge in [-0.2, -0.15) is 5.10 Å². The van der Waals surface area contributed by atoms with E-state index in [0.717, 1.165) is 17.8 Å². The zero-order valence-corrected chi connectivity index (χ0v) is 15.6. The summed E-state index contributed by atoms with van der Waals surface area (Å²) in [5, 5.41) is 9.52. The Morgan fingerprint density at radius 1 is 1.26 bits per heavy atom. The topological polar surface area (TPSA) is 80.1 Å². The molecule has 7 nitrogen and oxygen atoms in total. The lowest BCUT2D eigenvalue weighted by atomic mass is 10.1. The fourth-order valence-corrected chi connectivity index (χ4v) is 3.89. The maximum absolute atomic E-state index is 13.1. The van der Waals surface area contributed by atoms with Gasteiger partial charge >= 0.3 is 0 Å². The molecule has 3 heterocycles. The zero-order chi connectivity index (χ0) is 18.8. The average molecular weight is 381 g/mol. The highest BCUT2D eigenvalue weighted by atomic mass is 32.1. The first kappa shape index (κ1) is 17.4. The number of rotatable bonds is 4. The van der Waals surface area contributed by atoms with Crippen LogP contribution in [0.1, 0.15) is 28.9 Å². The summed E-state index contributed by atoms with van der Waals surface area (Å²) >= 11 is 1.36. The third kappa shape index (κ3) is 3.35. The van der Waals surface area contributed by atoms with Crippen molar-refractivity contribution in [1.82, 2.24) is 19.7 Å². The first-order valence-corrected chi connectivity index (χ1v) is 9.64. The van der Waals surface area contributed by atoms with Crippen molar-refractivity contribution in [2.75, 3.05) is 11.9 Å². The van der Waals surface area contributed by atoms with Crippen LogP contribution >= 0.6 is 11.3 Å². The van der Waals surface area contributed by atoms with Gasteiger partial charge in [0.05, 0.1) is 23.1 Å². The molecule has 1 fully saturated rings. The molecule has 3 aromatic rings. The Morgan fingerprint density at radius 2 is 2.07 bits per heavy atom. The second-order valence-electron chi connectivity index (χ2n) is 6.37. The molecule has 0 spiro atoms. The normalized spacial score (nSPS) is 16.5. The van der Waals surface area contributed by atoms with E-state index in [-0.39, 0.29) is 11.8 Å². The number of para-hydroxylation sites is 1. The van der Waals surface area contributed by atoms with Gasteiger partial charge < -0.3 is 10.2 Å². The van der Waals surface area contributed by atoms with Crippen LogP contribution in [-0.2, 0) is 4.79 Å². The van der Waals surface area contributed by atoms with Crippen LogP contribution in [0.5, 0.6) is 0 Å². The lowest BCUT2D eigenvalue weighted by molar-refractivity contribution is -0.119. The SMILES string of the molecule is Cc1c(C(=O)N2CCCC2C(=O)Nc2nccs2)cnn1-c1ccccc1. The number of carbonyl (C=O) groups excluding carboxylic acids is 2. The van der Waals surface area contributed by atoms with Gasteiger partial charge in [-0.3, -0.25) is 9.59 Å². The highest BCUT2D eigenvalue weighted by Crippen LogP contribution is 2.24. The number of carbonyl (C=O) groups is 2. The summed E-state index contributed by atoms with van der Waals surface area (Å²) in [6.07, 6.45) is 4.67. The minimum absolute atomic E-state index is 0.161. The first-order valence-electron chi connectivity index (χ1n) is 8.76. The van der Waals surface area contributed by atoms with Crippen molar-refractivity contribution in [2.24, 2.45) is 0 Å². The largest absolute Gasteiger partial charge is 0.326 e. The Kier molecular flexibility index (Phi) is 4.72. The standard InChI is InChI=1S/C19H19N5O2S/c1-13-15(12-21-24(13)14-6-3-2-4-7-14)18(26)23-10-5-8-16(23)17(25)22-19-20-9-11-27-19/h2-4,6-7,9,11-12,16H,5,8,10H2,1H3,(H,20,22,25). The minimum Gasteiger partial charge on any atom is -0.326 e. The van der Waals surface area contributed by atoms with Gasteiger partial charge in [0, 0.05) is 18.1 Å². The van der Waals surface area contributed by atoms with Gasteiger partial charge in [-0.05, 0) is 31.9 Å². The molecule has 0 bridgehead atoms. The molecule has 1 unspecified atom stereocenters. The molecule has 4 rings (SSSR count). The van der Waals surface area contributed by atoms with Crippen LogP contribution in [0.3, 0.4) is 0 Å². The third-order valence-corrected chi connectivity index (χ3v) is 5.41. The van der Waals surface area contributed by atoms with E-state index in [1.54, 1.807) is 27.4 Å². The number of benzene rings is 1. The molecule has 1 atom stereocenters. The van der Waals surface area contributed by atoms with Crippen molar-refractivity contribution in [3.8, 4) is 5.69 Å². The fraction of sp³-hybridized carbons (Fsp3) is 0.263. The maximum atomic E-state index is 13.1. The Morgan fingerprint density at radius 3 is 2.81 bits per heavy atom. The van der Waals surface area contributed by atoms with Crippen LogP contribution in [-0.4, -0.2) is 44.1 Å². The predicted molar refractivity (Wildman–Crippen MR) is 103 cm³/mol. The molecule has 0 saturated carbocycles. The molecule has 1 N–H and O–H groups in total. The van der Waals surface area contributed by atoms with Gasteiger partial charge in [-0.25, -0.2) is 9.67 Å². The van der Waals surface area contributed by atoms with Gasteiger partial charge in [0.15, 0.2) is 5.13 Å². The maximum Gasteiger partial charge on any atom is 0.258 e. The highest BCUT2D eigenvalue weighted by Gasteiger charge is 2.36. The van der Waals surface area contributed by atoms with Gasteiger partial charge in [0.1, 0.15) is 6.04 Å². The summed E-state index contributed by atoms with van der Waals surface area (Å²) in [7, 11) is 0. The lowest BCUT2D eigenvalue weighted by Gasteiger charge is -2.23. The second-order valence-corrected chi connectivity index (χ2v) is 7.27. The number of anilines is 1. The van der Waals surface area contributed by atoms with Crippen LogP contribution in [0.15, 0.2) is 48.1 Å². The Hall–Kier alpha value is -3.00. The van der Waals surface area contributed by atoms with E-state index < -0.39 is 6.04 Å². The molecule has 0 radical (unpaired) electrons. The Labute approximate surface area is 160 Å². The highest BCUT2D eigenvalue weighted by molar-refractivity contribution is 7.13. The Bertz CT molecular complexity index is 952. The number of hydrogen-bond donors (Lipinski definition) is 1. The van der Waals surface area contributed by atoms with Crippen molar-refractivity contribution < 1.29 is 9.59 Å². The van der Waals surface area contributed by atoms with Crippen LogP contribution < -0.4 is 5.32 Å². The average Bonchev–Trinajstić information content (AvgIpc) is 3.42. The monoisotopic (exact) mass is 381 g/mol. The molecule has 2 amide bonds. The van der Waals surface area contributed by atoms with E-state index in [9.17, 15) is 9.59 Å². The van der Waals surface area contributed by atoms with E-state index in [0.29, 0.717) is 23.7 Å². The molecule has 138 valence electrons. The summed E-state index contributed by atoms with van der Waals surface area (Å²) < 4.78 is 1.74. The molecule has 8 heteroatoms.